The minimum Gasteiger partial charge on any atom is -0.388 e. The van der Waals surface area contributed by atoms with E-state index < -0.39 is 83.0 Å². The summed E-state index contributed by atoms with van der Waals surface area (Å²) >= 11 is 0. The Labute approximate surface area is 245 Å². The van der Waals surface area contributed by atoms with Gasteiger partial charge in [0, 0.05) is 25.8 Å². The van der Waals surface area contributed by atoms with E-state index in [1.54, 1.807) is 0 Å². The van der Waals surface area contributed by atoms with Gasteiger partial charge in [-0.05, 0) is 0 Å². The number of nitrogens with zero attached hydrogens (tertiary/aromatic N) is 5. The van der Waals surface area contributed by atoms with E-state index in [1.807, 2.05) is 0 Å². The van der Waals surface area contributed by atoms with Crippen LogP contribution in [0.5, 0.6) is 0 Å². The van der Waals surface area contributed by atoms with Crippen LogP contribution in [0.25, 0.3) is 11.2 Å². The maximum Gasteiger partial charge on any atom is 0.472 e. The van der Waals surface area contributed by atoms with Crippen molar-refractivity contribution in [3.8, 4) is 0 Å². The summed E-state index contributed by atoms with van der Waals surface area (Å²) in [5, 5.41) is 21.5. The van der Waals surface area contributed by atoms with Gasteiger partial charge in [-0.3, -0.25) is 41.8 Å². The topological polar surface area (TPSA) is 321 Å². The van der Waals surface area contributed by atoms with E-state index in [9.17, 15) is 38.7 Å². The summed E-state index contributed by atoms with van der Waals surface area (Å²) in [6.45, 7) is -1.37. The highest BCUT2D eigenvalue weighted by Crippen LogP contribution is 2.50. The smallest absolute Gasteiger partial charge is 0.388 e. The highest BCUT2D eigenvalue weighted by Gasteiger charge is 2.50. The summed E-state index contributed by atoms with van der Waals surface area (Å²) in [6, 6.07) is 1.10. The molecule has 44 heavy (non-hydrogen) atoms. The Balaban J connectivity index is 1.31. The summed E-state index contributed by atoms with van der Waals surface area (Å²) < 4.78 is 58.1. The molecule has 22 nitrogen and oxygen atoms in total. The monoisotopic (exact) mass is 666 g/mol. The first kappa shape index (κ1) is 32.3. The van der Waals surface area contributed by atoms with Crippen LogP contribution in [0.4, 0.5) is 11.9 Å². The molecule has 2 unspecified atom stereocenters. The lowest BCUT2D eigenvalue weighted by Crippen LogP contribution is -2.36. The molecule has 0 amide bonds. The molecule has 0 bridgehead atoms. The Morgan fingerprint density at radius 3 is 2.50 bits per heavy atom. The van der Waals surface area contributed by atoms with Gasteiger partial charge < -0.3 is 40.9 Å². The maximum atomic E-state index is 13.0. The van der Waals surface area contributed by atoms with Crippen molar-refractivity contribution in [3.05, 3.63) is 39.3 Å². The van der Waals surface area contributed by atoms with Crippen LogP contribution in [-0.4, -0.2) is 99.9 Å². The molecule has 5 heterocycles. The van der Waals surface area contributed by atoms with Gasteiger partial charge in [0.2, 0.25) is 11.9 Å². The Hall–Kier alpha value is -3.11. The largest absolute Gasteiger partial charge is 0.472 e. The number of hydrogen-bond donors (Lipinski definition) is 7. The average molecular weight is 666 g/mol. The molecule has 0 aromatic carbocycles. The quantitative estimate of drug-likeness (QED) is 0.106. The molecule has 24 heteroatoms. The maximum absolute atomic E-state index is 13.0. The number of ether oxygens (including phenoxy) is 2. The lowest BCUT2D eigenvalue weighted by molar-refractivity contribution is -0.0566. The van der Waals surface area contributed by atoms with Crippen molar-refractivity contribution >= 4 is 38.7 Å². The van der Waals surface area contributed by atoms with Crippen molar-refractivity contribution in [2.24, 2.45) is 0 Å². The van der Waals surface area contributed by atoms with Gasteiger partial charge >= 0.3 is 15.6 Å². The Morgan fingerprint density at radius 1 is 1.07 bits per heavy atom. The van der Waals surface area contributed by atoms with E-state index in [2.05, 4.69) is 24.5 Å². The number of nitrogens with two attached hydrogens (primary N) is 2. The van der Waals surface area contributed by atoms with Gasteiger partial charge in [0.25, 0.3) is 11.1 Å². The minimum atomic E-state index is -5.06. The number of fused-ring (bicyclic) bond motifs is 1. The fraction of sp³-hybridized carbons (Fsp3) is 0.550. The molecule has 0 aliphatic carbocycles. The van der Waals surface area contributed by atoms with Crippen LogP contribution in [-0.2, 0) is 36.7 Å². The Morgan fingerprint density at radius 2 is 1.80 bits per heavy atom. The molecule has 9 N–H and O–H groups in total. The molecule has 3 aromatic rings. The molecule has 0 radical (unpaired) electrons. The number of hydrogen-bond acceptors (Lipinski definition) is 17. The van der Waals surface area contributed by atoms with Gasteiger partial charge in [-0.1, -0.05) is 0 Å². The first-order valence-corrected chi connectivity index (χ1v) is 15.6. The number of phosphoric acid groups is 2. The van der Waals surface area contributed by atoms with E-state index in [-0.39, 0.29) is 29.5 Å². The highest BCUT2D eigenvalue weighted by atomic mass is 31.2. The van der Waals surface area contributed by atoms with Crippen molar-refractivity contribution in [1.82, 2.24) is 29.1 Å². The van der Waals surface area contributed by atoms with Crippen molar-refractivity contribution < 1.29 is 56.7 Å². The molecule has 3 aromatic heterocycles. The second-order valence-electron chi connectivity index (χ2n) is 9.60. The summed E-state index contributed by atoms with van der Waals surface area (Å²) in [6.07, 6.45) is -7.41. The number of nitrogens with one attached hydrogen (secondary N) is 1. The number of rotatable bonds is 11. The fourth-order valence-corrected chi connectivity index (χ4v) is 6.08. The molecule has 5 rings (SSSR count). The number of nitrogen functional groups attached to an aromatic ring is 2. The van der Waals surface area contributed by atoms with Gasteiger partial charge in [0.1, 0.15) is 24.4 Å². The SMILES string of the molecule is COP(=O)(O)OC[C@H]1O[C@@H](n2cnc3c(=O)[nH]c(N)nc32)[C@H](O)[C@@H]1OP(=O)(O)OC[C@@H]1C[C@@H](O)[C@H](n2ccc(=O)nc2N)O1. The van der Waals surface area contributed by atoms with Gasteiger partial charge in [-0.15, -0.1) is 0 Å². The van der Waals surface area contributed by atoms with Crippen molar-refractivity contribution in [2.75, 3.05) is 31.8 Å². The molecule has 2 aliphatic heterocycles. The van der Waals surface area contributed by atoms with Crippen LogP contribution >= 0.6 is 15.6 Å². The first-order valence-electron chi connectivity index (χ1n) is 12.6. The van der Waals surface area contributed by atoms with Crippen LogP contribution in [0, 0.1) is 0 Å². The molecule has 2 aliphatic rings. The summed E-state index contributed by atoms with van der Waals surface area (Å²) in [7, 11) is -8.73. The zero-order valence-corrected chi connectivity index (χ0v) is 24.3. The third kappa shape index (κ3) is 6.76. The van der Waals surface area contributed by atoms with Crippen molar-refractivity contribution in [2.45, 2.75) is 49.4 Å². The molecular formula is C20H28N8O14P2. The second kappa shape index (κ2) is 12.4. The van der Waals surface area contributed by atoms with Crippen LogP contribution in [0.2, 0.25) is 0 Å². The molecule has 0 spiro atoms. The number of aliphatic hydroxyl groups is 2. The molecule has 9 atom stereocenters. The number of anilines is 2. The predicted octanol–water partition coefficient (Wildman–Crippen LogP) is -2.29. The van der Waals surface area contributed by atoms with Crippen LogP contribution < -0.4 is 22.6 Å². The first-order chi connectivity index (χ1) is 20.7. The van der Waals surface area contributed by atoms with Crippen molar-refractivity contribution in [3.63, 3.8) is 0 Å². The van der Waals surface area contributed by atoms with Crippen LogP contribution in [0.1, 0.15) is 18.9 Å². The van der Waals surface area contributed by atoms with Gasteiger partial charge in [0.05, 0.1) is 25.6 Å². The lowest BCUT2D eigenvalue weighted by Gasteiger charge is -2.24. The highest BCUT2D eigenvalue weighted by molar-refractivity contribution is 7.47. The van der Waals surface area contributed by atoms with Crippen LogP contribution in [0.15, 0.2) is 28.2 Å². The minimum absolute atomic E-state index is 0.0737. The predicted molar refractivity (Wildman–Crippen MR) is 143 cm³/mol. The van der Waals surface area contributed by atoms with E-state index in [1.165, 1.54) is 10.8 Å². The summed E-state index contributed by atoms with van der Waals surface area (Å²) in [4.78, 5) is 57.5. The average Bonchev–Trinajstić information content (AvgIpc) is 3.62. The Bertz CT molecular complexity index is 1730. The van der Waals surface area contributed by atoms with E-state index in [0.717, 1.165) is 24.1 Å². The number of imidazole rings is 1. The number of aromatic nitrogens is 6. The lowest BCUT2D eigenvalue weighted by atomic mass is 10.1. The van der Waals surface area contributed by atoms with Gasteiger partial charge in [-0.2, -0.15) is 9.97 Å². The third-order valence-corrected chi connectivity index (χ3v) is 8.57. The third-order valence-electron chi connectivity index (χ3n) is 6.65. The fourth-order valence-electron chi connectivity index (χ4n) is 4.66. The number of H-pyrrole nitrogens is 1. The summed E-state index contributed by atoms with van der Waals surface area (Å²) in [5.74, 6) is -0.508. The normalized spacial score (nSPS) is 30.0. The second-order valence-corrected chi connectivity index (χ2v) is 12.6. The Kier molecular flexibility index (Phi) is 9.06. The molecular weight excluding hydrogens is 638 g/mol. The summed E-state index contributed by atoms with van der Waals surface area (Å²) in [5.41, 5.74) is 9.77. The number of aromatic amines is 1. The molecule has 2 fully saturated rings. The van der Waals surface area contributed by atoms with Crippen molar-refractivity contribution in [1.29, 1.82) is 0 Å². The molecule has 242 valence electrons. The van der Waals surface area contributed by atoms with Gasteiger partial charge in [-0.25, -0.2) is 14.1 Å². The molecule has 0 saturated carbocycles. The van der Waals surface area contributed by atoms with Crippen LogP contribution in [0.3, 0.4) is 0 Å². The molecule has 2 saturated heterocycles. The van der Waals surface area contributed by atoms with E-state index in [4.69, 9.17) is 34.5 Å². The van der Waals surface area contributed by atoms with Gasteiger partial charge in [0.15, 0.2) is 23.6 Å². The van der Waals surface area contributed by atoms with E-state index >= 15 is 0 Å². The van der Waals surface area contributed by atoms with E-state index in [0.29, 0.717) is 0 Å². The zero-order chi connectivity index (χ0) is 32.0. The number of phosphoric ester groups is 2. The standard InChI is InChI=1S/C20H28N8O14P2/c1-37-43(33,34)39-6-10-14(13(31)18(41-10)28-7-23-12-15(28)25-19(21)26-16(12)32)42-44(35,36)38-5-8-4-9(29)17(40-8)27-3-2-11(30)24-20(27)22/h2-3,7-10,13-14,17-18,29,31H,4-6H2,1H3,(H,33,34)(H,35,36)(H2,22,24,30)(H3,21,25,26,32)/t8-,9+,10+,13+,14+,17+,18+/m0/s1. The number of aliphatic hydroxyl groups excluding tert-OH is 2. The zero-order valence-electron chi connectivity index (χ0n) is 22.6.